The van der Waals surface area contributed by atoms with Crippen molar-refractivity contribution in [3.05, 3.63) is 45.8 Å². The molecule has 0 aliphatic heterocycles. The lowest BCUT2D eigenvalue weighted by molar-refractivity contribution is -0.119. The van der Waals surface area contributed by atoms with E-state index in [-0.39, 0.29) is 12.2 Å². The second kappa shape index (κ2) is 9.75. The number of hydrogen-bond acceptors (Lipinski definition) is 7. The molecule has 1 amide bonds. The third-order valence-electron chi connectivity index (χ3n) is 4.91. The van der Waals surface area contributed by atoms with Gasteiger partial charge in [-0.15, -0.1) is 11.3 Å². The number of ether oxygens (including phenoxy) is 3. The minimum Gasteiger partial charge on any atom is -0.496 e. The molecule has 1 aromatic heterocycles. The first-order chi connectivity index (χ1) is 14.4. The number of benzene rings is 1. The molecule has 160 valence electrons. The molecule has 0 radical (unpaired) electrons. The fraction of sp³-hybridized carbons (Fsp3) is 0.409. The number of anilines is 1. The minimum absolute atomic E-state index is 0.237. The number of carbonyl (C=O) groups excluding carboxylic acids is 3. The second-order valence-electron chi connectivity index (χ2n) is 7.10. The highest BCUT2D eigenvalue weighted by Gasteiger charge is 2.29. The highest BCUT2D eigenvalue weighted by molar-refractivity contribution is 7.17. The van der Waals surface area contributed by atoms with Gasteiger partial charge in [-0.1, -0.05) is 19.1 Å². The summed E-state index contributed by atoms with van der Waals surface area (Å²) in [5.41, 5.74) is 1.62. The molecular weight excluding hydrogens is 406 g/mol. The lowest BCUT2D eigenvalue weighted by atomic mass is 9.88. The Labute approximate surface area is 179 Å². The van der Waals surface area contributed by atoms with E-state index >= 15 is 0 Å². The summed E-state index contributed by atoms with van der Waals surface area (Å²) in [7, 11) is 1.45. The zero-order valence-corrected chi connectivity index (χ0v) is 18.1. The van der Waals surface area contributed by atoms with E-state index in [1.807, 2.05) is 0 Å². The molecule has 0 spiro atoms. The highest BCUT2D eigenvalue weighted by Crippen LogP contribution is 2.40. The number of methoxy groups -OCH3 is 1. The van der Waals surface area contributed by atoms with Crippen LogP contribution in [0.4, 0.5) is 5.00 Å². The van der Waals surface area contributed by atoms with E-state index in [9.17, 15) is 14.4 Å². The van der Waals surface area contributed by atoms with Gasteiger partial charge in [-0.3, -0.25) is 4.79 Å². The average Bonchev–Trinajstić information content (AvgIpc) is 3.08. The number of carbonyl (C=O) groups is 3. The Kier molecular flexibility index (Phi) is 7.10. The summed E-state index contributed by atoms with van der Waals surface area (Å²) in [5.74, 6) is -0.724. The van der Waals surface area contributed by atoms with Crippen LogP contribution in [0.5, 0.6) is 5.75 Å². The van der Waals surface area contributed by atoms with Crippen molar-refractivity contribution >= 4 is 34.2 Å². The number of esters is 2. The van der Waals surface area contributed by atoms with Crippen LogP contribution in [-0.4, -0.2) is 38.2 Å². The first-order valence-electron chi connectivity index (χ1n) is 9.86. The van der Waals surface area contributed by atoms with Crippen LogP contribution < -0.4 is 10.1 Å². The first kappa shape index (κ1) is 21.8. The molecule has 1 unspecified atom stereocenters. The fourth-order valence-electron chi connectivity index (χ4n) is 3.44. The van der Waals surface area contributed by atoms with E-state index in [1.54, 1.807) is 31.2 Å². The van der Waals surface area contributed by atoms with Gasteiger partial charge in [-0.25, -0.2) is 9.59 Å². The number of nitrogens with one attached hydrogen (secondary N) is 1. The van der Waals surface area contributed by atoms with Gasteiger partial charge in [-0.05, 0) is 49.8 Å². The largest absolute Gasteiger partial charge is 0.496 e. The molecule has 3 rings (SSSR count). The van der Waals surface area contributed by atoms with E-state index in [1.165, 1.54) is 18.4 Å². The van der Waals surface area contributed by atoms with Crippen LogP contribution in [0, 0.1) is 5.92 Å². The van der Waals surface area contributed by atoms with Crippen molar-refractivity contribution < 1.29 is 28.6 Å². The van der Waals surface area contributed by atoms with E-state index in [2.05, 4.69) is 12.2 Å². The van der Waals surface area contributed by atoms with Crippen molar-refractivity contribution in [2.45, 2.75) is 33.1 Å². The summed E-state index contributed by atoms with van der Waals surface area (Å²) in [6.45, 7) is 3.69. The van der Waals surface area contributed by atoms with Gasteiger partial charge < -0.3 is 19.5 Å². The summed E-state index contributed by atoms with van der Waals surface area (Å²) in [6.07, 6.45) is 2.63. The van der Waals surface area contributed by atoms with Crippen molar-refractivity contribution in [2.24, 2.45) is 5.92 Å². The Morgan fingerprint density at radius 3 is 2.67 bits per heavy atom. The van der Waals surface area contributed by atoms with Crippen molar-refractivity contribution in [1.82, 2.24) is 0 Å². The van der Waals surface area contributed by atoms with Crippen molar-refractivity contribution in [1.29, 1.82) is 0 Å². The lowest BCUT2D eigenvalue weighted by Crippen LogP contribution is -2.22. The van der Waals surface area contributed by atoms with E-state index in [0.29, 0.717) is 22.2 Å². The summed E-state index contributed by atoms with van der Waals surface area (Å²) in [5, 5.41) is 3.18. The number of hydrogen-bond donors (Lipinski definition) is 1. The quantitative estimate of drug-likeness (QED) is 0.670. The van der Waals surface area contributed by atoms with Gasteiger partial charge >= 0.3 is 11.9 Å². The number of para-hydroxylation sites is 1. The molecule has 1 heterocycles. The SMILES string of the molecule is CCOC(=O)c1c(NC(=O)COC(=O)c2ccccc2OC)sc2c1CCC(C)C2. The van der Waals surface area contributed by atoms with Crippen LogP contribution in [-0.2, 0) is 27.1 Å². The van der Waals surface area contributed by atoms with Crippen LogP contribution in [0.2, 0.25) is 0 Å². The van der Waals surface area contributed by atoms with Crippen molar-refractivity contribution in [3.63, 3.8) is 0 Å². The zero-order chi connectivity index (χ0) is 21.7. The lowest BCUT2D eigenvalue weighted by Gasteiger charge is -2.18. The monoisotopic (exact) mass is 431 g/mol. The standard InChI is InChI=1S/C22H25NO6S/c1-4-28-22(26)19-15-10-9-13(2)11-17(15)30-20(19)23-18(24)12-29-21(25)14-7-5-6-8-16(14)27-3/h5-8,13H,4,9-12H2,1-3H3,(H,23,24). The minimum atomic E-state index is -0.660. The molecule has 0 saturated heterocycles. The number of amides is 1. The molecule has 1 aliphatic carbocycles. The maximum Gasteiger partial charge on any atom is 0.342 e. The average molecular weight is 432 g/mol. The van der Waals surface area contributed by atoms with E-state index < -0.39 is 24.5 Å². The van der Waals surface area contributed by atoms with E-state index in [0.717, 1.165) is 29.7 Å². The molecule has 0 fully saturated rings. The molecule has 0 saturated carbocycles. The molecular formula is C22H25NO6S. The second-order valence-corrected chi connectivity index (χ2v) is 8.21. The predicted octanol–water partition coefficient (Wildman–Crippen LogP) is 3.85. The van der Waals surface area contributed by atoms with Crippen molar-refractivity contribution in [2.75, 3.05) is 25.6 Å². The van der Waals surface area contributed by atoms with Gasteiger partial charge in [0.15, 0.2) is 6.61 Å². The summed E-state index contributed by atoms with van der Waals surface area (Å²) >= 11 is 1.39. The summed E-state index contributed by atoms with van der Waals surface area (Å²) < 4.78 is 15.5. The molecule has 7 nitrogen and oxygen atoms in total. The van der Waals surface area contributed by atoms with Crippen LogP contribution in [0.1, 0.15) is 51.4 Å². The molecule has 1 aromatic carbocycles. The van der Waals surface area contributed by atoms with Crippen LogP contribution in [0.25, 0.3) is 0 Å². The molecule has 1 N–H and O–H groups in total. The molecule has 1 atom stereocenters. The Bertz CT molecular complexity index is 951. The van der Waals surface area contributed by atoms with Crippen LogP contribution >= 0.6 is 11.3 Å². The Morgan fingerprint density at radius 1 is 1.17 bits per heavy atom. The van der Waals surface area contributed by atoms with Gasteiger partial charge in [0.05, 0.1) is 19.3 Å². The van der Waals surface area contributed by atoms with Crippen LogP contribution in [0.3, 0.4) is 0 Å². The maximum atomic E-state index is 12.5. The first-order valence-corrected chi connectivity index (χ1v) is 10.7. The van der Waals surface area contributed by atoms with Crippen LogP contribution in [0.15, 0.2) is 24.3 Å². The van der Waals surface area contributed by atoms with Gasteiger partial charge in [0.2, 0.25) is 0 Å². The van der Waals surface area contributed by atoms with Crippen molar-refractivity contribution in [3.8, 4) is 5.75 Å². The number of thiophene rings is 1. The van der Waals surface area contributed by atoms with Gasteiger partial charge in [0, 0.05) is 4.88 Å². The Morgan fingerprint density at radius 2 is 1.93 bits per heavy atom. The molecule has 1 aliphatic rings. The fourth-order valence-corrected chi connectivity index (χ4v) is 4.86. The molecule has 2 aromatic rings. The molecule has 8 heteroatoms. The van der Waals surface area contributed by atoms with Gasteiger partial charge in [0.1, 0.15) is 16.3 Å². The molecule has 0 bridgehead atoms. The third kappa shape index (κ3) is 4.81. The van der Waals surface area contributed by atoms with Gasteiger partial charge in [0.25, 0.3) is 5.91 Å². The number of rotatable bonds is 7. The third-order valence-corrected chi connectivity index (χ3v) is 6.08. The van der Waals surface area contributed by atoms with Gasteiger partial charge in [-0.2, -0.15) is 0 Å². The summed E-state index contributed by atoms with van der Waals surface area (Å²) in [4.78, 5) is 38.3. The maximum absolute atomic E-state index is 12.5. The highest BCUT2D eigenvalue weighted by atomic mass is 32.1. The normalized spacial score (nSPS) is 15.1. The van der Waals surface area contributed by atoms with E-state index in [4.69, 9.17) is 14.2 Å². The predicted molar refractivity (Wildman–Crippen MR) is 113 cm³/mol. The topological polar surface area (TPSA) is 90.9 Å². The Balaban J connectivity index is 1.71. The zero-order valence-electron chi connectivity index (χ0n) is 17.3. The molecule has 30 heavy (non-hydrogen) atoms. The number of fused-ring (bicyclic) bond motifs is 1. The smallest absolute Gasteiger partial charge is 0.342 e. The Hall–Kier alpha value is -2.87. The summed E-state index contributed by atoms with van der Waals surface area (Å²) in [6, 6.07) is 6.62.